The molecule has 1 atom stereocenters. The molecular formula is C20H23ClN4O2. The molecule has 142 valence electrons. The molecule has 1 aliphatic rings. The van der Waals surface area contributed by atoms with E-state index in [4.69, 9.17) is 17.3 Å². The van der Waals surface area contributed by atoms with E-state index in [1.807, 2.05) is 24.3 Å². The lowest BCUT2D eigenvalue weighted by Gasteiger charge is -2.19. The van der Waals surface area contributed by atoms with Gasteiger partial charge < -0.3 is 21.3 Å². The summed E-state index contributed by atoms with van der Waals surface area (Å²) in [5, 5.41) is 6.06. The molecule has 3 rings (SSSR count). The van der Waals surface area contributed by atoms with Crippen molar-refractivity contribution in [3.63, 3.8) is 0 Å². The largest absolute Gasteiger partial charge is 0.372 e. The maximum absolute atomic E-state index is 12.4. The summed E-state index contributed by atoms with van der Waals surface area (Å²) in [6.45, 7) is 2.15. The number of benzene rings is 2. The topological polar surface area (TPSA) is 87.5 Å². The lowest BCUT2D eigenvalue weighted by molar-refractivity contribution is -0.116. The summed E-state index contributed by atoms with van der Waals surface area (Å²) in [4.78, 5) is 26.1. The molecule has 7 heteroatoms. The fourth-order valence-electron chi connectivity index (χ4n) is 3.25. The Kier molecular flexibility index (Phi) is 6.19. The molecule has 0 spiro atoms. The van der Waals surface area contributed by atoms with Crippen LogP contribution in [0, 0.1) is 0 Å². The van der Waals surface area contributed by atoms with E-state index in [1.54, 1.807) is 24.3 Å². The van der Waals surface area contributed by atoms with E-state index >= 15 is 0 Å². The number of hydrogen-bond donors (Lipinski definition) is 3. The average molecular weight is 387 g/mol. The van der Waals surface area contributed by atoms with Gasteiger partial charge in [0.05, 0.1) is 12.5 Å². The summed E-state index contributed by atoms with van der Waals surface area (Å²) in [6.07, 6.45) is 2.51. The van der Waals surface area contributed by atoms with Crippen molar-refractivity contribution in [3.05, 3.63) is 59.1 Å². The maximum atomic E-state index is 12.4. The minimum absolute atomic E-state index is 0.0679. The minimum atomic E-state index is -0.683. The second-order valence-corrected chi connectivity index (χ2v) is 7.04. The molecule has 3 amide bonds. The highest BCUT2D eigenvalue weighted by molar-refractivity contribution is 6.30. The Morgan fingerprint density at radius 1 is 1.04 bits per heavy atom. The predicted octanol–water partition coefficient (Wildman–Crippen LogP) is 3.68. The minimum Gasteiger partial charge on any atom is -0.372 e. The first kappa shape index (κ1) is 19.0. The smallest absolute Gasteiger partial charge is 0.312 e. The van der Waals surface area contributed by atoms with Crippen LogP contribution in [0.25, 0.3) is 0 Å². The van der Waals surface area contributed by atoms with Gasteiger partial charge in [-0.15, -0.1) is 0 Å². The number of amides is 3. The Bertz CT molecular complexity index is 787. The van der Waals surface area contributed by atoms with Crippen molar-refractivity contribution in [2.75, 3.05) is 23.3 Å². The summed E-state index contributed by atoms with van der Waals surface area (Å²) in [6, 6.07) is 13.6. The molecule has 0 bridgehead atoms. The fraction of sp³-hybridized carbons (Fsp3) is 0.300. The van der Waals surface area contributed by atoms with Gasteiger partial charge >= 0.3 is 6.03 Å². The van der Waals surface area contributed by atoms with Gasteiger partial charge in [0.15, 0.2) is 0 Å². The number of hydrogen-bond acceptors (Lipinski definition) is 3. The van der Waals surface area contributed by atoms with Gasteiger partial charge in [-0.1, -0.05) is 23.7 Å². The number of carbonyl (C=O) groups excluding carboxylic acids is 2. The van der Waals surface area contributed by atoms with E-state index in [-0.39, 0.29) is 12.3 Å². The van der Waals surface area contributed by atoms with Crippen molar-refractivity contribution >= 4 is 34.9 Å². The van der Waals surface area contributed by atoms with Crippen LogP contribution < -0.4 is 21.3 Å². The fourth-order valence-corrected chi connectivity index (χ4v) is 3.37. The highest BCUT2D eigenvalue weighted by Crippen LogP contribution is 2.23. The quantitative estimate of drug-likeness (QED) is 0.707. The molecule has 2 aromatic rings. The van der Waals surface area contributed by atoms with Crippen LogP contribution in [0.2, 0.25) is 5.02 Å². The summed E-state index contributed by atoms with van der Waals surface area (Å²) in [5.41, 5.74) is 7.90. The lowest BCUT2D eigenvalue weighted by Crippen LogP contribution is -2.35. The van der Waals surface area contributed by atoms with Crippen molar-refractivity contribution in [1.82, 2.24) is 5.32 Å². The summed E-state index contributed by atoms with van der Waals surface area (Å²) in [7, 11) is 0. The van der Waals surface area contributed by atoms with Crippen LogP contribution in [0.3, 0.4) is 0 Å². The molecule has 4 N–H and O–H groups in total. The first-order valence-electron chi connectivity index (χ1n) is 8.97. The van der Waals surface area contributed by atoms with Gasteiger partial charge in [-0.2, -0.15) is 0 Å². The first-order chi connectivity index (χ1) is 13.0. The SMILES string of the molecule is NC(=O)NC(CC(=O)Nc1ccc(N2CCCC2)cc1)c1ccc(Cl)cc1. The van der Waals surface area contributed by atoms with Crippen molar-refractivity contribution in [2.45, 2.75) is 25.3 Å². The van der Waals surface area contributed by atoms with Crippen LogP contribution in [-0.2, 0) is 4.79 Å². The van der Waals surface area contributed by atoms with Gasteiger partial charge in [0, 0.05) is 29.5 Å². The number of rotatable bonds is 6. The van der Waals surface area contributed by atoms with E-state index in [1.165, 1.54) is 18.5 Å². The van der Waals surface area contributed by atoms with Crippen LogP contribution in [-0.4, -0.2) is 25.0 Å². The molecule has 2 aromatic carbocycles. The maximum Gasteiger partial charge on any atom is 0.312 e. The number of primary amides is 1. The molecule has 6 nitrogen and oxygen atoms in total. The predicted molar refractivity (Wildman–Crippen MR) is 108 cm³/mol. The van der Waals surface area contributed by atoms with E-state index in [9.17, 15) is 9.59 Å². The van der Waals surface area contributed by atoms with Crippen LogP contribution in [0.5, 0.6) is 0 Å². The van der Waals surface area contributed by atoms with E-state index in [0.29, 0.717) is 5.02 Å². The Hall–Kier alpha value is -2.73. The molecule has 0 radical (unpaired) electrons. The molecule has 0 saturated carbocycles. The Labute approximate surface area is 163 Å². The molecule has 1 unspecified atom stereocenters. The molecule has 1 fully saturated rings. The van der Waals surface area contributed by atoms with Crippen molar-refractivity contribution in [1.29, 1.82) is 0 Å². The van der Waals surface area contributed by atoms with Gasteiger partial charge in [0.25, 0.3) is 0 Å². The van der Waals surface area contributed by atoms with Crippen molar-refractivity contribution in [2.24, 2.45) is 5.73 Å². The van der Waals surface area contributed by atoms with Crippen LogP contribution >= 0.6 is 11.6 Å². The Balaban J connectivity index is 1.63. The Morgan fingerprint density at radius 2 is 1.67 bits per heavy atom. The number of urea groups is 1. The molecule has 1 heterocycles. The highest BCUT2D eigenvalue weighted by Gasteiger charge is 2.18. The summed E-state index contributed by atoms with van der Waals surface area (Å²) in [5.74, 6) is -0.211. The third-order valence-electron chi connectivity index (χ3n) is 4.60. The molecular weight excluding hydrogens is 364 g/mol. The Morgan fingerprint density at radius 3 is 2.26 bits per heavy atom. The number of nitrogens with zero attached hydrogens (tertiary/aromatic N) is 1. The van der Waals surface area contributed by atoms with Crippen molar-refractivity contribution in [3.8, 4) is 0 Å². The van der Waals surface area contributed by atoms with Crippen LogP contribution in [0.15, 0.2) is 48.5 Å². The average Bonchev–Trinajstić information content (AvgIpc) is 3.17. The van der Waals surface area contributed by atoms with Gasteiger partial charge in [-0.05, 0) is 54.8 Å². The number of carbonyl (C=O) groups is 2. The number of nitrogens with one attached hydrogen (secondary N) is 2. The third-order valence-corrected chi connectivity index (χ3v) is 4.85. The third kappa shape index (κ3) is 5.37. The zero-order valence-electron chi connectivity index (χ0n) is 15.0. The second-order valence-electron chi connectivity index (χ2n) is 6.61. The molecule has 1 aliphatic heterocycles. The zero-order chi connectivity index (χ0) is 19.2. The summed E-state index contributed by atoms with van der Waals surface area (Å²) < 4.78 is 0. The second kappa shape index (κ2) is 8.77. The van der Waals surface area contributed by atoms with E-state index < -0.39 is 12.1 Å². The van der Waals surface area contributed by atoms with Gasteiger partial charge in [-0.3, -0.25) is 4.79 Å². The van der Waals surface area contributed by atoms with Gasteiger partial charge in [-0.25, -0.2) is 4.79 Å². The lowest BCUT2D eigenvalue weighted by atomic mass is 10.0. The van der Waals surface area contributed by atoms with Gasteiger partial charge in [0.2, 0.25) is 5.91 Å². The summed E-state index contributed by atoms with van der Waals surface area (Å²) >= 11 is 5.90. The highest BCUT2D eigenvalue weighted by atomic mass is 35.5. The monoisotopic (exact) mass is 386 g/mol. The normalized spacial score (nSPS) is 14.6. The van der Waals surface area contributed by atoms with E-state index in [0.717, 1.165) is 24.3 Å². The first-order valence-corrected chi connectivity index (χ1v) is 9.35. The standard InChI is InChI=1S/C20H23ClN4O2/c21-15-5-3-14(4-6-15)18(24-20(22)27)13-19(26)23-16-7-9-17(10-8-16)25-11-1-2-12-25/h3-10,18H,1-2,11-13H2,(H,23,26)(H3,22,24,27). The van der Waals surface area contributed by atoms with E-state index in [2.05, 4.69) is 15.5 Å². The molecule has 27 heavy (non-hydrogen) atoms. The number of anilines is 2. The molecule has 0 aliphatic carbocycles. The number of nitrogens with two attached hydrogens (primary N) is 1. The molecule has 1 saturated heterocycles. The zero-order valence-corrected chi connectivity index (χ0v) is 15.7. The number of halogens is 1. The van der Waals surface area contributed by atoms with Gasteiger partial charge in [0.1, 0.15) is 0 Å². The van der Waals surface area contributed by atoms with Crippen LogP contribution in [0.4, 0.5) is 16.2 Å². The van der Waals surface area contributed by atoms with Crippen LogP contribution in [0.1, 0.15) is 30.9 Å². The molecule has 0 aromatic heterocycles. The van der Waals surface area contributed by atoms with Crippen molar-refractivity contribution < 1.29 is 9.59 Å².